The SMILES string of the molecule is CCCCCC(=O)N(CCC(=O)O)C(C)C. The Kier molecular flexibility index (Phi) is 7.60. The van der Waals surface area contributed by atoms with Gasteiger partial charge in [-0.3, -0.25) is 9.59 Å². The van der Waals surface area contributed by atoms with E-state index in [0.29, 0.717) is 13.0 Å². The summed E-state index contributed by atoms with van der Waals surface area (Å²) >= 11 is 0. The Balaban J connectivity index is 4.08. The molecule has 4 nitrogen and oxygen atoms in total. The maximum absolute atomic E-state index is 11.8. The van der Waals surface area contributed by atoms with Gasteiger partial charge >= 0.3 is 5.97 Å². The van der Waals surface area contributed by atoms with Crippen molar-refractivity contribution in [3.63, 3.8) is 0 Å². The molecule has 16 heavy (non-hydrogen) atoms. The average Bonchev–Trinajstić information content (AvgIpc) is 2.17. The van der Waals surface area contributed by atoms with Crippen LogP contribution in [0.1, 0.15) is 52.9 Å². The van der Waals surface area contributed by atoms with Crippen molar-refractivity contribution < 1.29 is 14.7 Å². The predicted molar refractivity (Wildman–Crippen MR) is 63.2 cm³/mol. The number of carbonyl (C=O) groups excluding carboxylic acids is 1. The number of amides is 1. The zero-order valence-corrected chi connectivity index (χ0v) is 10.5. The van der Waals surface area contributed by atoms with Crippen LogP contribution in [0.15, 0.2) is 0 Å². The van der Waals surface area contributed by atoms with E-state index in [1.54, 1.807) is 4.90 Å². The molecule has 0 heterocycles. The lowest BCUT2D eigenvalue weighted by atomic mass is 10.1. The minimum Gasteiger partial charge on any atom is -0.481 e. The van der Waals surface area contributed by atoms with Gasteiger partial charge in [0.2, 0.25) is 5.91 Å². The quantitative estimate of drug-likeness (QED) is 0.650. The maximum atomic E-state index is 11.8. The number of carboxylic acid groups (broad SMARTS) is 1. The van der Waals surface area contributed by atoms with Gasteiger partial charge in [0.15, 0.2) is 0 Å². The Bertz CT molecular complexity index is 226. The van der Waals surface area contributed by atoms with Gasteiger partial charge in [0.05, 0.1) is 6.42 Å². The first-order valence-corrected chi connectivity index (χ1v) is 6.00. The van der Waals surface area contributed by atoms with E-state index in [-0.39, 0.29) is 18.4 Å². The largest absolute Gasteiger partial charge is 0.481 e. The molecule has 0 aliphatic heterocycles. The van der Waals surface area contributed by atoms with E-state index in [0.717, 1.165) is 19.3 Å². The highest BCUT2D eigenvalue weighted by molar-refractivity contribution is 5.77. The molecule has 0 bridgehead atoms. The van der Waals surface area contributed by atoms with Crippen LogP contribution in [-0.4, -0.2) is 34.5 Å². The number of carboxylic acids is 1. The molecule has 0 saturated carbocycles. The molecule has 1 amide bonds. The molecule has 0 unspecified atom stereocenters. The molecule has 1 N–H and O–H groups in total. The van der Waals surface area contributed by atoms with Crippen molar-refractivity contribution in [2.45, 2.75) is 58.9 Å². The molecule has 0 spiro atoms. The van der Waals surface area contributed by atoms with E-state index in [9.17, 15) is 9.59 Å². The summed E-state index contributed by atoms with van der Waals surface area (Å²) in [4.78, 5) is 23.9. The number of carbonyl (C=O) groups is 2. The second-order valence-corrected chi connectivity index (χ2v) is 4.28. The molecule has 0 aromatic carbocycles. The Hall–Kier alpha value is -1.06. The van der Waals surface area contributed by atoms with Gasteiger partial charge in [-0.2, -0.15) is 0 Å². The summed E-state index contributed by atoms with van der Waals surface area (Å²) in [6.45, 7) is 6.24. The maximum Gasteiger partial charge on any atom is 0.305 e. The number of nitrogens with zero attached hydrogens (tertiary/aromatic N) is 1. The normalized spacial score (nSPS) is 10.5. The Morgan fingerprint density at radius 3 is 2.25 bits per heavy atom. The summed E-state index contributed by atoms with van der Waals surface area (Å²) in [5.74, 6) is -0.781. The molecule has 0 atom stereocenters. The van der Waals surface area contributed by atoms with Crippen LogP contribution in [0.5, 0.6) is 0 Å². The zero-order valence-electron chi connectivity index (χ0n) is 10.5. The third kappa shape index (κ3) is 6.43. The summed E-state index contributed by atoms with van der Waals surface area (Å²) in [5, 5.41) is 8.60. The van der Waals surface area contributed by atoms with Crippen molar-refractivity contribution in [1.82, 2.24) is 4.90 Å². The molecular weight excluding hydrogens is 206 g/mol. The van der Waals surface area contributed by atoms with Crippen LogP contribution in [0, 0.1) is 0 Å². The molecule has 0 saturated heterocycles. The number of unbranched alkanes of at least 4 members (excludes halogenated alkanes) is 2. The molecule has 0 fully saturated rings. The number of hydrogen-bond acceptors (Lipinski definition) is 2. The number of aliphatic carboxylic acids is 1. The average molecular weight is 229 g/mol. The molecular formula is C12H23NO3. The second kappa shape index (κ2) is 8.13. The summed E-state index contributed by atoms with van der Waals surface area (Å²) < 4.78 is 0. The van der Waals surface area contributed by atoms with E-state index in [1.165, 1.54) is 0 Å². The molecule has 0 rings (SSSR count). The van der Waals surface area contributed by atoms with Crippen LogP contribution in [0.4, 0.5) is 0 Å². The van der Waals surface area contributed by atoms with Crippen molar-refractivity contribution in [2.75, 3.05) is 6.54 Å². The van der Waals surface area contributed by atoms with Gasteiger partial charge in [-0.05, 0) is 20.3 Å². The monoisotopic (exact) mass is 229 g/mol. The molecule has 0 aliphatic rings. The highest BCUT2D eigenvalue weighted by atomic mass is 16.4. The summed E-state index contributed by atoms with van der Waals surface area (Å²) in [6.07, 6.45) is 3.59. The fourth-order valence-corrected chi connectivity index (χ4v) is 1.56. The van der Waals surface area contributed by atoms with E-state index in [1.807, 2.05) is 13.8 Å². The van der Waals surface area contributed by atoms with Crippen molar-refractivity contribution in [2.24, 2.45) is 0 Å². The molecule has 0 aromatic rings. The summed E-state index contributed by atoms with van der Waals surface area (Å²) in [7, 11) is 0. The lowest BCUT2D eigenvalue weighted by Gasteiger charge is -2.26. The van der Waals surface area contributed by atoms with Crippen LogP contribution < -0.4 is 0 Å². The Morgan fingerprint density at radius 1 is 1.19 bits per heavy atom. The van der Waals surface area contributed by atoms with Gasteiger partial charge in [0.1, 0.15) is 0 Å². The van der Waals surface area contributed by atoms with Crippen LogP contribution in [-0.2, 0) is 9.59 Å². The number of hydrogen-bond donors (Lipinski definition) is 1. The summed E-state index contributed by atoms with van der Waals surface area (Å²) in [6, 6.07) is 0.0773. The van der Waals surface area contributed by atoms with Gasteiger partial charge in [-0.15, -0.1) is 0 Å². The molecule has 4 heteroatoms. The minimum atomic E-state index is -0.855. The predicted octanol–water partition coefficient (Wildman–Crippen LogP) is 2.28. The van der Waals surface area contributed by atoms with Gasteiger partial charge < -0.3 is 10.0 Å². The zero-order chi connectivity index (χ0) is 12.6. The summed E-state index contributed by atoms with van der Waals surface area (Å²) in [5.41, 5.74) is 0. The molecule has 0 radical (unpaired) electrons. The van der Waals surface area contributed by atoms with Crippen LogP contribution in [0.25, 0.3) is 0 Å². The smallest absolute Gasteiger partial charge is 0.305 e. The first-order chi connectivity index (χ1) is 7.49. The fourth-order valence-electron chi connectivity index (χ4n) is 1.56. The van der Waals surface area contributed by atoms with Gasteiger partial charge in [0.25, 0.3) is 0 Å². The molecule has 94 valence electrons. The number of rotatable bonds is 8. The van der Waals surface area contributed by atoms with Crippen LogP contribution in [0.2, 0.25) is 0 Å². The first kappa shape index (κ1) is 14.9. The highest BCUT2D eigenvalue weighted by Gasteiger charge is 2.16. The van der Waals surface area contributed by atoms with Gasteiger partial charge in [-0.1, -0.05) is 19.8 Å². The fraction of sp³-hybridized carbons (Fsp3) is 0.833. The van der Waals surface area contributed by atoms with Crippen molar-refractivity contribution in [3.8, 4) is 0 Å². The van der Waals surface area contributed by atoms with E-state index in [2.05, 4.69) is 6.92 Å². The van der Waals surface area contributed by atoms with Crippen LogP contribution in [0.3, 0.4) is 0 Å². The second-order valence-electron chi connectivity index (χ2n) is 4.28. The van der Waals surface area contributed by atoms with E-state index < -0.39 is 5.97 Å². The van der Waals surface area contributed by atoms with E-state index in [4.69, 9.17) is 5.11 Å². The third-order valence-corrected chi connectivity index (χ3v) is 2.50. The Morgan fingerprint density at radius 2 is 1.81 bits per heavy atom. The molecule has 0 aromatic heterocycles. The van der Waals surface area contributed by atoms with Crippen molar-refractivity contribution in [3.05, 3.63) is 0 Å². The van der Waals surface area contributed by atoms with Crippen molar-refractivity contribution in [1.29, 1.82) is 0 Å². The van der Waals surface area contributed by atoms with Crippen molar-refractivity contribution >= 4 is 11.9 Å². The standard InChI is InChI=1S/C12H23NO3/c1-4-5-6-7-11(14)13(10(2)3)9-8-12(15)16/h10H,4-9H2,1-3H3,(H,15,16). The highest BCUT2D eigenvalue weighted by Crippen LogP contribution is 2.07. The minimum absolute atomic E-state index is 0.0255. The Labute approximate surface area is 97.6 Å². The third-order valence-electron chi connectivity index (χ3n) is 2.50. The topological polar surface area (TPSA) is 57.6 Å². The van der Waals surface area contributed by atoms with Crippen LogP contribution >= 0.6 is 0 Å². The van der Waals surface area contributed by atoms with Gasteiger partial charge in [0, 0.05) is 19.0 Å². The first-order valence-electron chi connectivity index (χ1n) is 6.00. The van der Waals surface area contributed by atoms with E-state index >= 15 is 0 Å². The lowest BCUT2D eigenvalue weighted by Crippen LogP contribution is -2.38. The van der Waals surface area contributed by atoms with Gasteiger partial charge in [-0.25, -0.2) is 0 Å². The lowest BCUT2D eigenvalue weighted by molar-refractivity contribution is -0.139. The molecule has 0 aliphatic carbocycles.